The van der Waals surface area contributed by atoms with Crippen LogP contribution in [0.3, 0.4) is 0 Å². The highest BCUT2D eigenvalue weighted by Gasteiger charge is 2.14. The fourth-order valence-corrected chi connectivity index (χ4v) is 3.00. The van der Waals surface area contributed by atoms with Crippen molar-refractivity contribution in [1.82, 2.24) is 10.7 Å². The number of nitrogens with one attached hydrogen (secondary N) is 2. The summed E-state index contributed by atoms with van der Waals surface area (Å²) in [5.74, 6) is -1.01. The lowest BCUT2D eigenvalue weighted by Crippen LogP contribution is -2.32. The maximum absolute atomic E-state index is 12.7. The number of halogens is 2. The minimum Gasteiger partial charge on any atom is -0.317 e. The number of hydrogen-bond acceptors (Lipinski definition) is 3. The number of hydrazone groups is 1. The standard InChI is InChI=1S/C23H17Cl2N3O2/c24-19-12-7-13-20(25)18(19)15-26-28-23(30)21(14-16-8-3-1-4-9-16)27-22(29)17-10-5-2-6-11-17/h1-15H,(H,27,29)(H,28,30)/b21-14+,26-15?. The minimum atomic E-state index is -0.595. The highest BCUT2D eigenvalue weighted by atomic mass is 35.5. The normalized spacial score (nSPS) is 11.3. The van der Waals surface area contributed by atoms with Crippen molar-refractivity contribution in [2.75, 3.05) is 0 Å². The number of carbonyl (C=O) groups is 2. The van der Waals surface area contributed by atoms with Gasteiger partial charge in [-0.05, 0) is 35.9 Å². The molecule has 0 aliphatic carbocycles. The van der Waals surface area contributed by atoms with Crippen molar-refractivity contribution in [2.24, 2.45) is 5.10 Å². The van der Waals surface area contributed by atoms with Crippen LogP contribution in [0.25, 0.3) is 6.08 Å². The molecule has 7 heteroatoms. The van der Waals surface area contributed by atoms with E-state index in [1.807, 2.05) is 30.3 Å². The van der Waals surface area contributed by atoms with Crippen LogP contribution in [0.2, 0.25) is 10.0 Å². The summed E-state index contributed by atoms with van der Waals surface area (Å²) in [5.41, 5.74) is 4.08. The lowest BCUT2D eigenvalue weighted by Gasteiger charge is -2.09. The van der Waals surface area contributed by atoms with E-state index in [1.165, 1.54) is 6.21 Å². The number of nitrogens with zero attached hydrogens (tertiary/aromatic N) is 1. The zero-order valence-electron chi connectivity index (χ0n) is 15.7. The molecule has 150 valence electrons. The van der Waals surface area contributed by atoms with Gasteiger partial charge in [0.1, 0.15) is 5.70 Å². The summed E-state index contributed by atoms with van der Waals surface area (Å²) in [6, 6.07) is 22.8. The van der Waals surface area contributed by atoms with Crippen LogP contribution in [0.5, 0.6) is 0 Å². The first-order chi connectivity index (χ1) is 14.5. The molecular weight excluding hydrogens is 421 g/mol. The van der Waals surface area contributed by atoms with Gasteiger partial charge in [0.15, 0.2) is 0 Å². The molecule has 0 atom stereocenters. The maximum atomic E-state index is 12.7. The van der Waals surface area contributed by atoms with Crippen LogP contribution in [-0.4, -0.2) is 18.0 Å². The Bertz CT molecular complexity index is 1080. The highest BCUT2D eigenvalue weighted by molar-refractivity contribution is 6.38. The number of carbonyl (C=O) groups excluding carboxylic acids is 2. The van der Waals surface area contributed by atoms with Crippen molar-refractivity contribution >= 4 is 47.3 Å². The molecule has 0 heterocycles. The van der Waals surface area contributed by atoms with Gasteiger partial charge in [-0.25, -0.2) is 5.43 Å². The molecule has 3 rings (SSSR count). The van der Waals surface area contributed by atoms with Gasteiger partial charge in [0, 0.05) is 11.1 Å². The molecule has 0 aliphatic rings. The first-order valence-corrected chi connectivity index (χ1v) is 9.71. The van der Waals surface area contributed by atoms with Gasteiger partial charge in [0.05, 0.1) is 16.3 Å². The third-order valence-electron chi connectivity index (χ3n) is 4.00. The zero-order valence-corrected chi connectivity index (χ0v) is 17.2. The van der Waals surface area contributed by atoms with Gasteiger partial charge < -0.3 is 5.32 Å². The first kappa shape index (κ1) is 21.3. The molecule has 0 aliphatic heterocycles. The van der Waals surface area contributed by atoms with E-state index in [9.17, 15) is 9.59 Å². The van der Waals surface area contributed by atoms with Gasteiger partial charge in [-0.15, -0.1) is 0 Å². The Morgan fingerprint density at radius 2 is 1.40 bits per heavy atom. The van der Waals surface area contributed by atoms with Gasteiger partial charge in [-0.1, -0.05) is 77.8 Å². The molecule has 0 radical (unpaired) electrons. The number of benzene rings is 3. The van der Waals surface area contributed by atoms with E-state index in [-0.39, 0.29) is 5.70 Å². The fraction of sp³-hybridized carbons (Fsp3) is 0. The highest BCUT2D eigenvalue weighted by Crippen LogP contribution is 2.22. The Morgan fingerprint density at radius 3 is 2.03 bits per heavy atom. The van der Waals surface area contributed by atoms with Crippen LogP contribution in [0, 0.1) is 0 Å². The van der Waals surface area contributed by atoms with Crippen LogP contribution in [0.15, 0.2) is 89.7 Å². The molecule has 0 bridgehead atoms. The molecular formula is C23H17Cl2N3O2. The molecule has 30 heavy (non-hydrogen) atoms. The van der Waals surface area contributed by atoms with Crippen molar-refractivity contribution < 1.29 is 9.59 Å². The molecule has 3 aromatic carbocycles. The van der Waals surface area contributed by atoms with Crippen LogP contribution < -0.4 is 10.7 Å². The molecule has 0 unspecified atom stereocenters. The molecule has 0 spiro atoms. The lowest BCUT2D eigenvalue weighted by molar-refractivity contribution is -0.117. The number of rotatable bonds is 6. The largest absolute Gasteiger partial charge is 0.317 e. The van der Waals surface area contributed by atoms with E-state index in [0.717, 1.165) is 5.56 Å². The summed E-state index contributed by atoms with van der Waals surface area (Å²) in [7, 11) is 0. The summed E-state index contributed by atoms with van der Waals surface area (Å²) >= 11 is 12.2. The Labute approximate surface area is 184 Å². The first-order valence-electron chi connectivity index (χ1n) is 8.95. The SMILES string of the molecule is O=C(NN=Cc1c(Cl)cccc1Cl)/C(=C\c1ccccc1)NC(=O)c1ccccc1. The van der Waals surface area contributed by atoms with Crippen molar-refractivity contribution in [3.8, 4) is 0 Å². The predicted molar refractivity (Wildman–Crippen MR) is 121 cm³/mol. The Balaban J connectivity index is 1.81. The summed E-state index contributed by atoms with van der Waals surface area (Å²) in [6.07, 6.45) is 2.91. The average molecular weight is 438 g/mol. The molecule has 3 aromatic rings. The van der Waals surface area contributed by atoms with E-state index in [1.54, 1.807) is 54.6 Å². The van der Waals surface area contributed by atoms with E-state index in [4.69, 9.17) is 23.2 Å². The summed E-state index contributed by atoms with van der Waals surface area (Å²) in [6.45, 7) is 0. The van der Waals surface area contributed by atoms with Crippen LogP contribution in [-0.2, 0) is 4.79 Å². The Morgan fingerprint density at radius 1 is 0.800 bits per heavy atom. The minimum absolute atomic E-state index is 0.0393. The lowest BCUT2D eigenvalue weighted by atomic mass is 10.1. The van der Waals surface area contributed by atoms with Crippen LogP contribution >= 0.6 is 23.2 Å². The molecule has 0 saturated carbocycles. The van der Waals surface area contributed by atoms with Crippen molar-refractivity contribution in [3.63, 3.8) is 0 Å². The molecule has 0 saturated heterocycles. The van der Waals surface area contributed by atoms with Crippen LogP contribution in [0.4, 0.5) is 0 Å². The van der Waals surface area contributed by atoms with Gasteiger partial charge >= 0.3 is 0 Å². The number of amides is 2. The fourth-order valence-electron chi connectivity index (χ4n) is 2.51. The summed E-state index contributed by atoms with van der Waals surface area (Å²) < 4.78 is 0. The molecule has 5 nitrogen and oxygen atoms in total. The smallest absolute Gasteiger partial charge is 0.287 e. The zero-order chi connectivity index (χ0) is 21.3. The number of hydrogen-bond donors (Lipinski definition) is 2. The van der Waals surface area contributed by atoms with E-state index >= 15 is 0 Å². The quantitative estimate of drug-likeness (QED) is 0.326. The van der Waals surface area contributed by atoms with Gasteiger partial charge in [0.2, 0.25) is 0 Å². The third kappa shape index (κ3) is 5.80. The average Bonchev–Trinajstić information content (AvgIpc) is 2.76. The van der Waals surface area contributed by atoms with Crippen LogP contribution in [0.1, 0.15) is 21.5 Å². The Hall–Kier alpha value is -3.41. The van der Waals surface area contributed by atoms with Crippen molar-refractivity contribution in [1.29, 1.82) is 0 Å². The third-order valence-corrected chi connectivity index (χ3v) is 4.66. The second-order valence-corrected chi connectivity index (χ2v) is 6.94. The second-order valence-electron chi connectivity index (χ2n) is 6.12. The van der Waals surface area contributed by atoms with E-state index in [0.29, 0.717) is 21.2 Å². The monoisotopic (exact) mass is 437 g/mol. The second kappa shape index (κ2) is 10.4. The van der Waals surface area contributed by atoms with Gasteiger partial charge in [-0.3, -0.25) is 9.59 Å². The molecule has 0 aromatic heterocycles. The van der Waals surface area contributed by atoms with Crippen molar-refractivity contribution in [2.45, 2.75) is 0 Å². The van der Waals surface area contributed by atoms with Gasteiger partial charge in [-0.2, -0.15) is 5.10 Å². The topological polar surface area (TPSA) is 70.6 Å². The molecule has 0 fully saturated rings. The van der Waals surface area contributed by atoms with Gasteiger partial charge in [0.25, 0.3) is 11.8 Å². The maximum Gasteiger partial charge on any atom is 0.287 e. The Kier molecular flexibility index (Phi) is 7.38. The van der Waals surface area contributed by atoms with E-state index < -0.39 is 11.8 Å². The molecule has 2 amide bonds. The van der Waals surface area contributed by atoms with Crippen molar-refractivity contribution in [3.05, 3.63) is 111 Å². The predicted octanol–water partition coefficient (Wildman–Crippen LogP) is 4.91. The summed E-state index contributed by atoms with van der Waals surface area (Å²) in [4.78, 5) is 25.2. The summed E-state index contributed by atoms with van der Waals surface area (Å²) in [5, 5.41) is 7.36. The molecule has 2 N–H and O–H groups in total. The van der Waals surface area contributed by atoms with E-state index in [2.05, 4.69) is 15.8 Å².